The zero-order chi connectivity index (χ0) is 14.5. The van der Waals surface area contributed by atoms with Crippen molar-refractivity contribution in [1.29, 1.82) is 0 Å². The van der Waals surface area contributed by atoms with Gasteiger partial charge in [0.2, 0.25) is 10.0 Å². The molecule has 112 valence electrons. The molecule has 0 aromatic carbocycles. The summed E-state index contributed by atoms with van der Waals surface area (Å²) in [5.41, 5.74) is 0. The van der Waals surface area contributed by atoms with Crippen LogP contribution in [0, 0.1) is 13.8 Å². The maximum atomic E-state index is 12.7. The smallest absolute Gasteiger partial charge is 0.246 e. The van der Waals surface area contributed by atoms with Crippen LogP contribution < -0.4 is 5.32 Å². The molecule has 20 heavy (non-hydrogen) atoms. The number of furan rings is 1. The maximum absolute atomic E-state index is 12.7. The van der Waals surface area contributed by atoms with Gasteiger partial charge in [0.15, 0.2) is 0 Å². The van der Waals surface area contributed by atoms with Gasteiger partial charge in [0.05, 0.1) is 0 Å². The molecule has 0 saturated carbocycles. The predicted octanol–water partition coefficient (Wildman–Crippen LogP) is 1.80. The highest BCUT2D eigenvalue weighted by Gasteiger charge is 2.39. The van der Waals surface area contributed by atoms with E-state index in [1.165, 1.54) is 12.8 Å². The van der Waals surface area contributed by atoms with Crippen LogP contribution in [0.15, 0.2) is 15.4 Å². The van der Waals surface area contributed by atoms with Gasteiger partial charge >= 0.3 is 0 Å². The van der Waals surface area contributed by atoms with Crippen molar-refractivity contribution in [2.75, 3.05) is 7.05 Å². The van der Waals surface area contributed by atoms with Crippen LogP contribution in [-0.4, -0.2) is 37.9 Å². The van der Waals surface area contributed by atoms with Crippen molar-refractivity contribution in [3.8, 4) is 0 Å². The molecule has 2 atom stereocenters. The lowest BCUT2D eigenvalue weighted by Crippen LogP contribution is -2.48. The molecule has 2 aliphatic heterocycles. The Morgan fingerprint density at radius 1 is 1.25 bits per heavy atom. The summed E-state index contributed by atoms with van der Waals surface area (Å²) in [6.45, 7) is 3.48. The zero-order valence-corrected chi connectivity index (χ0v) is 13.0. The monoisotopic (exact) mass is 298 g/mol. The molecule has 1 N–H and O–H groups in total. The Bertz CT molecular complexity index is 596. The minimum Gasteiger partial charge on any atom is -0.465 e. The van der Waals surface area contributed by atoms with Crippen LogP contribution in [0.2, 0.25) is 0 Å². The number of piperidine rings is 1. The Kier molecular flexibility index (Phi) is 3.43. The summed E-state index contributed by atoms with van der Waals surface area (Å²) < 4.78 is 32.4. The molecule has 3 heterocycles. The third-order valence-corrected chi connectivity index (χ3v) is 6.63. The van der Waals surface area contributed by atoms with E-state index in [4.69, 9.17) is 4.42 Å². The summed E-state index contributed by atoms with van der Waals surface area (Å²) in [6, 6.07) is 2.66. The van der Waals surface area contributed by atoms with Gasteiger partial charge in [-0.3, -0.25) is 0 Å². The van der Waals surface area contributed by atoms with Gasteiger partial charge in [-0.1, -0.05) is 0 Å². The van der Waals surface area contributed by atoms with Crippen LogP contribution in [-0.2, 0) is 10.0 Å². The highest BCUT2D eigenvalue weighted by Crippen LogP contribution is 2.32. The van der Waals surface area contributed by atoms with Crippen LogP contribution in [0.1, 0.15) is 37.2 Å². The third-order valence-electron chi connectivity index (χ3n) is 4.61. The summed E-state index contributed by atoms with van der Waals surface area (Å²) in [6.07, 6.45) is 4.14. The summed E-state index contributed by atoms with van der Waals surface area (Å²) >= 11 is 0. The lowest BCUT2D eigenvalue weighted by Gasteiger charge is -2.34. The molecular weight excluding hydrogens is 276 g/mol. The Balaban J connectivity index is 1.86. The number of nitrogens with one attached hydrogen (secondary N) is 1. The van der Waals surface area contributed by atoms with Gasteiger partial charge < -0.3 is 9.73 Å². The standard InChI is InChI=1S/C14H22N2O3S/c1-9-6-14(10(2)19-9)20(17,18)16(3)13-7-11-4-5-12(8-13)15-11/h6,11-13,15H,4-5,7-8H2,1-3H3. The number of fused-ring (bicyclic) bond motifs is 2. The van der Waals surface area contributed by atoms with Crippen molar-refractivity contribution >= 4 is 10.0 Å². The van der Waals surface area contributed by atoms with Gasteiger partial charge in [0.1, 0.15) is 16.4 Å². The molecule has 3 rings (SSSR count). The van der Waals surface area contributed by atoms with Crippen LogP contribution >= 0.6 is 0 Å². The molecule has 5 nitrogen and oxygen atoms in total. The topological polar surface area (TPSA) is 62.6 Å². The highest BCUT2D eigenvalue weighted by molar-refractivity contribution is 7.89. The molecule has 0 spiro atoms. The molecule has 1 aromatic rings. The van der Waals surface area contributed by atoms with E-state index in [2.05, 4.69) is 5.32 Å². The molecule has 0 radical (unpaired) electrons. The van der Waals surface area contributed by atoms with Gasteiger partial charge in [-0.05, 0) is 45.6 Å². The van der Waals surface area contributed by atoms with Crippen LogP contribution in [0.3, 0.4) is 0 Å². The van der Waals surface area contributed by atoms with Crippen molar-refractivity contribution in [3.63, 3.8) is 0 Å². The van der Waals surface area contributed by atoms with Gasteiger partial charge in [-0.2, -0.15) is 4.31 Å². The van der Waals surface area contributed by atoms with Crippen molar-refractivity contribution in [3.05, 3.63) is 17.6 Å². The lowest BCUT2D eigenvalue weighted by molar-refractivity contribution is 0.251. The second kappa shape index (κ2) is 4.86. The summed E-state index contributed by atoms with van der Waals surface area (Å²) in [7, 11) is -1.75. The van der Waals surface area contributed by atoms with Crippen LogP contribution in [0.5, 0.6) is 0 Å². The normalized spacial score (nSPS) is 30.1. The van der Waals surface area contributed by atoms with E-state index >= 15 is 0 Å². The Morgan fingerprint density at radius 2 is 1.85 bits per heavy atom. The van der Waals surface area contributed by atoms with E-state index in [1.54, 1.807) is 31.3 Å². The molecule has 2 bridgehead atoms. The third kappa shape index (κ3) is 2.29. The average Bonchev–Trinajstić information content (AvgIpc) is 2.90. The zero-order valence-electron chi connectivity index (χ0n) is 12.2. The predicted molar refractivity (Wildman–Crippen MR) is 76.1 cm³/mol. The minimum absolute atomic E-state index is 0.0911. The molecule has 1 aromatic heterocycles. The fourth-order valence-corrected chi connectivity index (χ4v) is 5.13. The fourth-order valence-electron chi connectivity index (χ4n) is 3.54. The first-order valence-corrected chi connectivity index (χ1v) is 8.63. The van der Waals surface area contributed by atoms with Gasteiger partial charge in [0.25, 0.3) is 0 Å². The van der Waals surface area contributed by atoms with E-state index in [9.17, 15) is 8.42 Å². The molecule has 2 aliphatic rings. The van der Waals surface area contributed by atoms with Gasteiger partial charge in [-0.15, -0.1) is 0 Å². The first-order chi connectivity index (χ1) is 9.38. The summed E-state index contributed by atoms with van der Waals surface area (Å²) in [5.74, 6) is 1.12. The van der Waals surface area contributed by atoms with Gasteiger partial charge in [0, 0.05) is 25.2 Å². The first kappa shape index (κ1) is 14.1. The van der Waals surface area contributed by atoms with Crippen LogP contribution in [0.25, 0.3) is 0 Å². The number of nitrogens with zero attached hydrogens (tertiary/aromatic N) is 1. The van der Waals surface area contributed by atoms with Crippen LogP contribution in [0.4, 0.5) is 0 Å². The molecule has 0 amide bonds. The van der Waals surface area contributed by atoms with Crippen molar-refractivity contribution in [2.24, 2.45) is 0 Å². The molecule has 2 fully saturated rings. The van der Waals surface area contributed by atoms with E-state index in [-0.39, 0.29) is 6.04 Å². The Labute approximate surface area is 120 Å². The summed E-state index contributed by atoms with van der Waals surface area (Å²) in [4.78, 5) is 0.309. The molecule has 6 heteroatoms. The SMILES string of the molecule is Cc1cc(S(=O)(=O)N(C)C2CC3CCC(C2)N3)c(C)o1. The van der Waals surface area contributed by atoms with Crippen molar-refractivity contribution in [2.45, 2.75) is 62.6 Å². The van der Waals surface area contributed by atoms with E-state index in [0.717, 1.165) is 12.8 Å². The largest absolute Gasteiger partial charge is 0.465 e. The first-order valence-electron chi connectivity index (χ1n) is 7.19. The Hall–Kier alpha value is -0.850. The fraction of sp³-hybridized carbons (Fsp3) is 0.714. The number of hydrogen-bond acceptors (Lipinski definition) is 4. The quantitative estimate of drug-likeness (QED) is 0.924. The van der Waals surface area contributed by atoms with Crippen molar-refractivity contribution < 1.29 is 12.8 Å². The second-order valence-corrected chi connectivity index (χ2v) is 8.03. The Morgan fingerprint density at radius 3 is 2.35 bits per heavy atom. The number of rotatable bonds is 3. The average molecular weight is 298 g/mol. The maximum Gasteiger partial charge on any atom is 0.246 e. The van der Waals surface area contributed by atoms with Gasteiger partial charge in [-0.25, -0.2) is 8.42 Å². The molecule has 0 aliphatic carbocycles. The van der Waals surface area contributed by atoms with E-state index in [1.807, 2.05) is 0 Å². The second-order valence-electron chi connectivity index (χ2n) is 6.06. The number of aryl methyl sites for hydroxylation is 2. The lowest BCUT2D eigenvalue weighted by atomic mass is 10.0. The highest BCUT2D eigenvalue weighted by atomic mass is 32.2. The van der Waals surface area contributed by atoms with E-state index < -0.39 is 10.0 Å². The number of hydrogen-bond donors (Lipinski definition) is 1. The summed E-state index contributed by atoms with van der Waals surface area (Å²) in [5, 5.41) is 3.54. The molecule has 2 unspecified atom stereocenters. The molecular formula is C14H22N2O3S. The number of sulfonamides is 1. The van der Waals surface area contributed by atoms with E-state index in [0.29, 0.717) is 28.5 Å². The van der Waals surface area contributed by atoms with Crippen molar-refractivity contribution in [1.82, 2.24) is 9.62 Å². The molecule has 2 saturated heterocycles. The minimum atomic E-state index is -3.46.